The second-order valence-corrected chi connectivity index (χ2v) is 12.6. The highest BCUT2D eigenvalue weighted by atomic mass is 35.5. The van der Waals surface area contributed by atoms with Gasteiger partial charge in [-0.2, -0.15) is 0 Å². The standard InChI is InChI=1S/C36H46ClN3O4/c1-7-8-9-13-22-40(34(42)30(24-27-18-11-10-12-19-27)38-35(43)44-36(4,5)6)32(28-20-14-16-25(2)23-28)33(41)39-31-26(3)17-15-21-29(31)37/h10-12,14-21,23,30,32H,7-9,13,22,24H2,1-6H3,(H,38,43)(H,39,41). The molecule has 2 unspecified atom stereocenters. The summed E-state index contributed by atoms with van der Waals surface area (Å²) in [6, 6.07) is 20.6. The fourth-order valence-electron chi connectivity index (χ4n) is 5.07. The van der Waals surface area contributed by atoms with Crippen molar-refractivity contribution in [3.63, 3.8) is 0 Å². The Morgan fingerprint density at radius 1 is 0.909 bits per heavy atom. The van der Waals surface area contributed by atoms with Crippen LogP contribution in [-0.4, -0.2) is 41.0 Å². The predicted octanol–water partition coefficient (Wildman–Crippen LogP) is 8.18. The van der Waals surface area contributed by atoms with Crippen LogP contribution in [0.5, 0.6) is 0 Å². The van der Waals surface area contributed by atoms with Crippen molar-refractivity contribution in [2.24, 2.45) is 0 Å². The molecule has 7 nitrogen and oxygen atoms in total. The average molecular weight is 620 g/mol. The highest BCUT2D eigenvalue weighted by Gasteiger charge is 2.36. The fourth-order valence-corrected chi connectivity index (χ4v) is 5.34. The first-order valence-corrected chi connectivity index (χ1v) is 15.7. The number of aryl methyl sites for hydroxylation is 2. The van der Waals surface area contributed by atoms with Crippen molar-refractivity contribution in [3.05, 3.63) is 100 Å². The van der Waals surface area contributed by atoms with E-state index in [0.717, 1.165) is 36.0 Å². The van der Waals surface area contributed by atoms with E-state index < -0.39 is 23.8 Å². The Bertz CT molecular complexity index is 1380. The van der Waals surface area contributed by atoms with Crippen molar-refractivity contribution < 1.29 is 19.1 Å². The SMILES string of the molecule is CCCCCCN(C(=O)C(Cc1ccccc1)NC(=O)OC(C)(C)C)C(C(=O)Nc1c(C)cccc1Cl)c1cccc(C)c1. The number of rotatable bonds is 13. The van der Waals surface area contributed by atoms with Crippen LogP contribution in [0.2, 0.25) is 5.02 Å². The highest BCUT2D eigenvalue weighted by Crippen LogP contribution is 2.30. The number of unbranched alkanes of at least 4 members (excludes halogenated alkanes) is 3. The van der Waals surface area contributed by atoms with E-state index in [4.69, 9.17) is 16.3 Å². The summed E-state index contributed by atoms with van der Waals surface area (Å²) in [6.45, 7) is 11.6. The number of amides is 3. The first kappa shape index (κ1) is 34.6. The molecule has 2 N–H and O–H groups in total. The van der Waals surface area contributed by atoms with Crippen molar-refractivity contribution in [2.75, 3.05) is 11.9 Å². The Morgan fingerprint density at radius 2 is 1.61 bits per heavy atom. The van der Waals surface area contributed by atoms with Gasteiger partial charge in [0, 0.05) is 13.0 Å². The van der Waals surface area contributed by atoms with Crippen LogP contribution in [0.25, 0.3) is 0 Å². The lowest BCUT2D eigenvalue weighted by molar-refractivity contribution is -0.140. The van der Waals surface area contributed by atoms with E-state index in [1.807, 2.05) is 80.6 Å². The van der Waals surface area contributed by atoms with E-state index in [1.165, 1.54) is 0 Å². The maximum atomic E-state index is 14.7. The molecule has 236 valence electrons. The molecule has 0 saturated heterocycles. The minimum atomic E-state index is -0.974. The second-order valence-electron chi connectivity index (χ2n) is 12.2. The molecule has 3 aromatic carbocycles. The second kappa shape index (κ2) is 16.3. The van der Waals surface area contributed by atoms with Gasteiger partial charge in [0.25, 0.3) is 5.91 Å². The van der Waals surface area contributed by atoms with Gasteiger partial charge in [-0.1, -0.05) is 110 Å². The van der Waals surface area contributed by atoms with Gasteiger partial charge in [0.05, 0.1) is 10.7 Å². The molecule has 8 heteroatoms. The van der Waals surface area contributed by atoms with Crippen molar-refractivity contribution in [1.29, 1.82) is 0 Å². The normalized spacial score (nSPS) is 12.6. The first-order valence-electron chi connectivity index (χ1n) is 15.4. The van der Waals surface area contributed by atoms with E-state index >= 15 is 0 Å². The summed E-state index contributed by atoms with van der Waals surface area (Å²) in [7, 11) is 0. The molecule has 3 aromatic rings. The molecule has 0 aliphatic rings. The zero-order valence-corrected chi connectivity index (χ0v) is 27.5. The van der Waals surface area contributed by atoms with Crippen molar-refractivity contribution in [3.8, 4) is 0 Å². The van der Waals surface area contributed by atoms with Gasteiger partial charge in [-0.25, -0.2) is 4.79 Å². The van der Waals surface area contributed by atoms with E-state index in [1.54, 1.807) is 31.7 Å². The lowest BCUT2D eigenvalue weighted by atomic mass is 9.98. The third-order valence-corrected chi connectivity index (χ3v) is 7.51. The lowest BCUT2D eigenvalue weighted by Crippen LogP contribution is -2.53. The summed E-state index contributed by atoms with van der Waals surface area (Å²) in [4.78, 5) is 43.6. The molecule has 0 fully saturated rings. The topological polar surface area (TPSA) is 87.7 Å². The summed E-state index contributed by atoms with van der Waals surface area (Å²) >= 11 is 6.50. The zero-order chi connectivity index (χ0) is 32.3. The number of anilines is 1. The molecule has 0 aliphatic heterocycles. The number of benzene rings is 3. The van der Waals surface area contributed by atoms with Crippen molar-refractivity contribution >= 4 is 35.2 Å². The Labute approximate surface area is 267 Å². The number of hydrogen-bond donors (Lipinski definition) is 2. The number of alkyl carbamates (subject to hydrolysis) is 1. The number of nitrogens with zero attached hydrogens (tertiary/aromatic N) is 1. The summed E-state index contributed by atoms with van der Waals surface area (Å²) < 4.78 is 5.55. The van der Waals surface area contributed by atoms with Crippen molar-refractivity contribution in [2.45, 2.75) is 91.3 Å². The van der Waals surface area contributed by atoms with Crippen LogP contribution in [0.15, 0.2) is 72.8 Å². The van der Waals surface area contributed by atoms with E-state index in [-0.39, 0.29) is 18.2 Å². The summed E-state index contributed by atoms with van der Waals surface area (Å²) in [5, 5.41) is 6.25. The minimum Gasteiger partial charge on any atom is -0.444 e. The molecular weight excluding hydrogens is 574 g/mol. The number of carbonyl (C=O) groups is 3. The van der Waals surface area contributed by atoms with E-state index in [9.17, 15) is 14.4 Å². The maximum absolute atomic E-state index is 14.7. The van der Waals surface area contributed by atoms with Gasteiger partial charge in [-0.3, -0.25) is 9.59 Å². The molecule has 3 amide bonds. The summed E-state index contributed by atoms with van der Waals surface area (Å²) in [5.41, 5.74) is 3.07. The number of para-hydroxylation sites is 1. The summed E-state index contributed by atoms with van der Waals surface area (Å²) in [5.74, 6) is -0.750. The molecule has 2 atom stereocenters. The molecule has 44 heavy (non-hydrogen) atoms. The van der Waals surface area contributed by atoms with Crippen LogP contribution >= 0.6 is 11.6 Å². The van der Waals surface area contributed by atoms with Crippen LogP contribution in [0.4, 0.5) is 10.5 Å². The quantitative estimate of drug-likeness (QED) is 0.189. The molecular formula is C36H46ClN3O4. The Morgan fingerprint density at radius 3 is 2.25 bits per heavy atom. The molecule has 0 spiro atoms. The van der Waals surface area contributed by atoms with E-state index in [0.29, 0.717) is 29.2 Å². The van der Waals surface area contributed by atoms with E-state index in [2.05, 4.69) is 17.6 Å². The van der Waals surface area contributed by atoms with Gasteiger partial charge in [-0.15, -0.1) is 0 Å². The van der Waals surface area contributed by atoms with Gasteiger partial charge in [-0.05, 0) is 63.8 Å². The number of hydrogen-bond acceptors (Lipinski definition) is 4. The molecule has 0 aromatic heterocycles. The number of ether oxygens (including phenoxy) is 1. The van der Waals surface area contributed by atoms with Crippen LogP contribution < -0.4 is 10.6 Å². The molecule has 0 saturated carbocycles. The van der Waals surface area contributed by atoms with Gasteiger partial charge in [0.2, 0.25) is 5.91 Å². The third-order valence-electron chi connectivity index (χ3n) is 7.20. The lowest BCUT2D eigenvalue weighted by Gasteiger charge is -2.35. The minimum absolute atomic E-state index is 0.232. The zero-order valence-electron chi connectivity index (χ0n) is 26.8. The van der Waals surface area contributed by atoms with Crippen molar-refractivity contribution in [1.82, 2.24) is 10.2 Å². The first-order chi connectivity index (χ1) is 20.9. The Balaban J connectivity index is 2.09. The highest BCUT2D eigenvalue weighted by molar-refractivity contribution is 6.34. The maximum Gasteiger partial charge on any atom is 0.408 e. The molecule has 0 aliphatic carbocycles. The fraction of sp³-hybridized carbons (Fsp3) is 0.417. The Kier molecular flexibility index (Phi) is 12.8. The average Bonchev–Trinajstić information content (AvgIpc) is 2.95. The van der Waals surface area contributed by atoms with Crippen LogP contribution in [0.3, 0.4) is 0 Å². The third kappa shape index (κ3) is 10.4. The molecule has 0 bridgehead atoms. The van der Waals surface area contributed by atoms with Gasteiger partial charge in [0.1, 0.15) is 17.7 Å². The Hall–Kier alpha value is -3.84. The van der Waals surface area contributed by atoms with Crippen LogP contribution in [0.1, 0.15) is 81.7 Å². The monoisotopic (exact) mass is 619 g/mol. The van der Waals surface area contributed by atoms with Gasteiger partial charge in [0.15, 0.2) is 0 Å². The van der Waals surface area contributed by atoms with Gasteiger partial charge < -0.3 is 20.3 Å². The number of nitrogens with one attached hydrogen (secondary N) is 2. The largest absolute Gasteiger partial charge is 0.444 e. The smallest absolute Gasteiger partial charge is 0.408 e. The predicted molar refractivity (Wildman–Crippen MR) is 178 cm³/mol. The molecule has 0 heterocycles. The van der Waals surface area contributed by atoms with Crippen LogP contribution in [0, 0.1) is 13.8 Å². The van der Waals surface area contributed by atoms with Gasteiger partial charge >= 0.3 is 6.09 Å². The number of halogens is 1. The van der Waals surface area contributed by atoms with Crippen LogP contribution in [-0.2, 0) is 20.7 Å². The number of carbonyl (C=O) groups excluding carboxylic acids is 3. The molecule has 0 radical (unpaired) electrons. The molecule has 3 rings (SSSR count). The summed E-state index contributed by atoms with van der Waals surface area (Å²) in [6.07, 6.45) is 3.17.